The highest BCUT2D eigenvalue weighted by atomic mass is 19.1. The quantitative estimate of drug-likeness (QED) is 0.373. The van der Waals surface area contributed by atoms with E-state index < -0.39 is 0 Å². The van der Waals surface area contributed by atoms with E-state index in [1.807, 2.05) is 29.1 Å². The predicted molar refractivity (Wildman–Crippen MR) is 152 cm³/mol. The van der Waals surface area contributed by atoms with Gasteiger partial charge in [0.2, 0.25) is 0 Å². The number of piperidine rings is 1. The summed E-state index contributed by atoms with van der Waals surface area (Å²) in [6.45, 7) is 4.26. The maximum atomic E-state index is 14.6. The van der Waals surface area contributed by atoms with Gasteiger partial charge in [-0.3, -0.25) is 10.00 Å². The number of aromatic nitrogens is 5. The van der Waals surface area contributed by atoms with Crippen LogP contribution < -0.4 is 10.2 Å². The Morgan fingerprint density at radius 3 is 3.02 bits per heavy atom. The van der Waals surface area contributed by atoms with E-state index in [0.29, 0.717) is 17.9 Å². The summed E-state index contributed by atoms with van der Waals surface area (Å²) in [6, 6.07) is 11.4. The molecule has 0 saturated carbocycles. The summed E-state index contributed by atoms with van der Waals surface area (Å²) < 4.78 is 21.8. The Hall–Kier alpha value is -4.31. The van der Waals surface area contributed by atoms with Crippen molar-refractivity contribution >= 4 is 22.2 Å². The molecule has 4 aromatic rings. The van der Waals surface area contributed by atoms with Crippen molar-refractivity contribution in [1.29, 1.82) is 0 Å². The maximum Gasteiger partial charge on any atom is 0.131 e. The first-order valence-corrected chi connectivity index (χ1v) is 13.7. The Morgan fingerprint density at radius 2 is 2.12 bits per heavy atom. The second kappa shape index (κ2) is 10.0. The fourth-order valence-corrected chi connectivity index (χ4v) is 6.09. The molecule has 4 heterocycles. The summed E-state index contributed by atoms with van der Waals surface area (Å²) in [4.78, 5) is 2.28. The van der Waals surface area contributed by atoms with Crippen LogP contribution in [0.1, 0.15) is 42.6 Å². The summed E-state index contributed by atoms with van der Waals surface area (Å²) in [7, 11) is 1.58. The Kier molecular flexibility index (Phi) is 6.19. The van der Waals surface area contributed by atoms with Crippen LogP contribution in [-0.2, 0) is 6.54 Å². The molecule has 0 radical (unpaired) electrons. The van der Waals surface area contributed by atoms with Crippen molar-refractivity contribution in [2.45, 2.75) is 38.3 Å². The van der Waals surface area contributed by atoms with Gasteiger partial charge in [0.1, 0.15) is 11.6 Å². The SMILES string of the molecule is COc1cccc(F)c1CN1CCC[C@@H](c2cn(-c3ccc4[nH]nc(C5=CC6C(C)=NNC6C=C5)c4c3)nn2)C1. The fraction of sp³-hybridized carbons (Fsp3) is 0.333. The van der Waals surface area contributed by atoms with Gasteiger partial charge in [-0.25, -0.2) is 9.07 Å². The predicted octanol–water partition coefficient (Wildman–Crippen LogP) is 4.59. The van der Waals surface area contributed by atoms with Crippen molar-refractivity contribution in [2.24, 2.45) is 11.0 Å². The van der Waals surface area contributed by atoms with Crippen LogP contribution in [-0.4, -0.2) is 62.0 Å². The van der Waals surface area contributed by atoms with Crippen molar-refractivity contribution in [3.8, 4) is 11.4 Å². The molecule has 204 valence electrons. The van der Waals surface area contributed by atoms with E-state index in [1.165, 1.54) is 6.07 Å². The van der Waals surface area contributed by atoms with E-state index in [2.05, 4.69) is 67.2 Å². The molecule has 3 aliphatic rings. The van der Waals surface area contributed by atoms with Gasteiger partial charge >= 0.3 is 0 Å². The van der Waals surface area contributed by atoms with Gasteiger partial charge in [0, 0.05) is 41.6 Å². The molecule has 2 N–H and O–H groups in total. The first kappa shape index (κ1) is 24.7. The Morgan fingerprint density at radius 1 is 1.20 bits per heavy atom. The van der Waals surface area contributed by atoms with Crippen LogP contribution in [0, 0.1) is 11.7 Å². The van der Waals surface area contributed by atoms with Crippen LogP contribution >= 0.6 is 0 Å². The Bertz CT molecular complexity index is 1670. The third-order valence-electron chi connectivity index (χ3n) is 8.30. The molecule has 1 fully saturated rings. The van der Waals surface area contributed by atoms with Gasteiger partial charge in [0.15, 0.2) is 0 Å². The highest BCUT2D eigenvalue weighted by Gasteiger charge is 2.29. The summed E-state index contributed by atoms with van der Waals surface area (Å²) in [5.41, 5.74) is 9.70. The number of hydrogen-bond acceptors (Lipinski definition) is 7. The molecule has 0 spiro atoms. The van der Waals surface area contributed by atoms with Crippen molar-refractivity contribution in [3.63, 3.8) is 0 Å². The molecule has 1 aliphatic carbocycles. The van der Waals surface area contributed by atoms with Gasteiger partial charge in [-0.05, 0) is 62.2 Å². The van der Waals surface area contributed by atoms with Crippen molar-refractivity contribution in [1.82, 2.24) is 35.5 Å². The van der Waals surface area contributed by atoms with E-state index in [-0.39, 0.29) is 23.7 Å². The highest BCUT2D eigenvalue weighted by Crippen LogP contribution is 2.33. The van der Waals surface area contributed by atoms with Crippen LogP contribution in [0.2, 0.25) is 0 Å². The zero-order chi connectivity index (χ0) is 27.2. The zero-order valence-corrected chi connectivity index (χ0v) is 22.5. The Balaban J connectivity index is 1.12. The number of H-pyrrole nitrogens is 1. The third kappa shape index (κ3) is 4.38. The number of fused-ring (bicyclic) bond motifs is 2. The number of methoxy groups -OCH3 is 1. The second-order valence-electron chi connectivity index (χ2n) is 10.8. The number of nitrogens with one attached hydrogen (secondary N) is 2. The molecule has 2 aliphatic heterocycles. The molecule has 7 rings (SSSR count). The summed E-state index contributed by atoms with van der Waals surface area (Å²) >= 11 is 0. The number of aromatic amines is 1. The molecule has 2 aromatic carbocycles. The van der Waals surface area contributed by atoms with Gasteiger partial charge < -0.3 is 10.2 Å². The molecule has 40 heavy (non-hydrogen) atoms. The smallest absolute Gasteiger partial charge is 0.131 e. The van der Waals surface area contributed by atoms with Gasteiger partial charge in [-0.2, -0.15) is 10.2 Å². The largest absolute Gasteiger partial charge is 0.496 e. The monoisotopic (exact) mass is 538 g/mol. The number of hydrazone groups is 1. The molecule has 2 aromatic heterocycles. The third-order valence-corrected chi connectivity index (χ3v) is 8.30. The minimum absolute atomic E-state index is 0.211. The van der Waals surface area contributed by atoms with Gasteiger partial charge in [-0.15, -0.1) is 5.10 Å². The van der Waals surface area contributed by atoms with Crippen LogP contribution in [0.5, 0.6) is 5.75 Å². The van der Waals surface area contributed by atoms with Crippen LogP contribution in [0.4, 0.5) is 4.39 Å². The van der Waals surface area contributed by atoms with E-state index in [0.717, 1.165) is 65.2 Å². The topological polar surface area (TPSA) is 96.2 Å². The molecule has 0 bridgehead atoms. The maximum absolute atomic E-state index is 14.6. The first-order valence-electron chi connectivity index (χ1n) is 13.7. The number of likely N-dealkylation sites (tertiary alicyclic amines) is 1. The number of halogens is 1. The molecule has 3 atom stereocenters. The lowest BCUT2D eigenvalue weighted by molar-refractivity contribution is 0.194. The lowest BCUT2D eigenvalue weighted by atomic mass is 9.88. The number of allylic oxidation sites excluding steroid dienone is 2. The molecule has 10 heteroatoms. The Labute approximate surface area is 231 Å². The van der Waals surface area contributed by atoms with Gasteiger partial charge in [-0.1, -0.05) is 29.5 Å². The average molecular weight is 539 g/mol. The minimum Gasteiger partial charge on any atom is -0.496 e. The van der Waals surface area contributed by atoms with Crippen molar-refractivity contribution < 1.29 is 9.13 Å². The normalized spacial score (nSPS) is 22.6. The van der Waals surface area contributed by atoms with Crippen LogP contribution in [0.15, 0.2) is 65.9 Å². The lowest BCUT2D eigenvalue weighted by Gasteiger charge is -2.32. The van der Waals surface area contributed by atoms with Crippen molar-refractivity contribution in [3.05, 3.63) is 83.6 Å². The van der Waals surface area contributed by atoms with Gasteiger partial charge in [0.05, 0.1) is 41.9 Å². The first-order chi connectivity index (χ1) is 19.6. The molecular weight excluding hydrogens is 507 g/mol. The molecular formula is C30H31FN8O. The van der Waals surface area contributed by atoms with Crippen molar-refractivity contribution in [2.75, 3.05) is 20.2 Å². The van der Waals surface area contributed by atoms with E-state index in [1.54, 1.807) is 13.2 Å². The molecule has 0 amide bonds. The molecule has 1 saturated heterocycles. The molecule has 2 unspecified atom stereocenters. The number of hydrogen-bond donors (Lipinski definition) is 2. The van der Waals surface area contributed by atoms with E-state index >= 15 is 0 Å². The summed E-state index contributed by atoms with van der Waals surface area (Å²) in [5.74, 6) is 0.819. The zero-order valence-electron chi connectivity index (χ0n) is 22.5. The van der Waals surface area contributed by atoms with Crippen LogP contribution in [0.3, 0.4) is 0 Å². The fourth-order valence-electron chi connectivity index (χ4n) is 6.09. The van der Waals surface area contributed by atoms with E-state index in [4.69, 9.17) is 4.74 Å². The number of rotatable bonds is 6. The number of ether oxygens (including phenoxy) is 1. The lowest BCUT2D eigenvalue weighted by Crippen LogP contribution is -2.34. The number of nitrogens with zero attached hydrogens (tertiary/aromatic N) is 6. The standard InChI is InChI=1S/C30H31FN8O/c1-18-22-13-19(8-10-26(22)33-32-18)30-23-14-21(9-11-27(23)34-36-30)39-17-28(35-37-39)20-5-4-12-38(15-20)16-24-25(31)6-3-7-29(24)40-2/h3,6-11,13-14,17,20,22,26,33H,4-5,12,15-16H2,1-2H3,(H,34,36)/t20-,22?,26?/m1/s1. The highest BCUT2D eigenvalue weighted by molar-refractivity contribution is 5.97. The van der Waals surface area contributed by atoms with Gasteiger partial charge in [0.25, 0.3) is 0 Å². The molecule has 9 nitrogen and oxygen atoms in total. The summed E-state index contributed by atoms with van der Waals surface area (Å²) in [6.07, 6.45) is 10.6. The second-order valence-corrected chi connectivity index (χ2v) is 10.8. The van der Waals surface area contributed by atoms with Crippen LogP contribution in [0.25, 0.3) is 22.2 Å². The average Bonchev–Trinajstić information content (AvgIpc) is 3.73. The number of benzene rings is 2. The van der Waals surface area contributed by atoms with E-state index in [9.17, 15) is 4.39 Å². The summed E-state index contributed by atoms with van der Waals surface area (Å²) in [5, 5.41) is 22.3. The minimum atomic E-state index is -0.233.